The number of esters is 1. The minimum Gasteiger partial charge on any atom is -0.463 e. The van der Waals surface area contributed by atoms with Crippen molar-refractivity contribution in [2.24, 2.45) is 0 Å². The number of carbonyl (C=O) groups is 2. The van der Waals surface area contributed by atoms with Crippen LogP contribution in [0.1, 0.15) is 26.2 Å². The number of rotatable bonds is 6. The van der Waals surface area contributed by atoms with Crippen molar-refractivity contribution in [3.05, 3.63) is 12.2 Å². The van der Waals surface area contributed by atoms with Crippen molar-refractivity contribution >= 4 is 11.9 Å². The summed E-state index contributed by atoms with van der Waals surface area (Å²) in [4.78, 5) is 24.9. The SMILES string of the molecule is C=C(CNCC(=O)N1CCCCC1)C(=O)OCC. The van der Waals surface area contributed by atoms with Gasteiger partial charge in [0.25, 0.3) is 0 Å². The van der Waals surface area contributed by atoms with Crippen LogP contribution < -0.4 is 5.32 Å². The second-order valence-electron chi connectivity index (χ2n) is 4.37. The van der Waals surface area contributed by atoms with Gasteiger partial charge in [0.2, 0.25) is 5.91 Å². The van der Waals surface area contributed by atoms with E-state index in [1.165, 1.54) is 6.42 Å². The Hall–Kier alpha value is -1.36. The highest BCUT2D eigenvalue weighted by Crippen LogP contribution is 2.08. The summed E-state index contributed by atoms with van der Waals surface area (Å²) in [6.07, 6.45) is 3.37. The molecule has 0 aromatic carbocycles. The number of carbonyl (C=O) groups excluding carboxylic acids is 2. The number of hydrogen-bond donors (Lipinski definition) is 1. The van der Waals surface area contributed by atoms with Crippen molar-refractivity contribution in [2.45, 2.75) is 26.2 Å². The third-order valence-electron chi connectivity index (χ3n) is 2.89. The van der Waals surface area contributed by atoms with Crippen molar-refractivity contribution in [1.82, 2.24) is 10.2 Å². The third kappa shape index (κ3) is 4.87. The van der Waals surface area contributed by atoms with Gasteiger partial charge in [0, 0.05) is 25.2 Å². The Bertz CT molecular complexity index is 309. The lowest BCUT2D eigenvalue weighted by molar-refractivity contribution is -0.138. The fourth-order valence-corrected chi connectivity index (χ4v) is 1.88. The predicted octanol–water partition coefficient (Wildman–Crippen LogP) is 0.708. The van der Waals surface area contributed by atoms with Gasteiger partial charge in [0.15, 0.2) is 0 Å². The van der Waals surface area contributed by atoms with Crippen LogP contribution in [0.3, 0.4) is 0 Å². The lowest BCUT2D eigenvalue weighted by atomic mass is 10.1. The summed E-state index contributed by atoms with van der Waals surface area (Å²) in [6, 6.07) is 0. The summed E-state index contributed by atoms with van der Waals surface area (Å²) in [7, 11) is 0. The first kappa shape index (κ1) is 14.7. The van der Waals surface area contributed by atoms with Crippen molar-refractivity contribution in [1.29, 1.82) is 0 Å². The average molecular weight is 254 g/mol. The molecule has 1 saturated heterocycles. The van der Waals surface area contributed by atoms with Crippen LogP contribution in [0, 0.1) is 0 Å². The van der Waals surface area contributed by atoms with E-state index in [1.54, 1.807) is 6.92 Å². The maximum Gasteiger partial charge on any atom is 0.334 e. The predicted molar refractivity (Wildman–Crippen MR) is 69.1 cm³/mol. The highest BCUT2D eigenvalue weighted by molar-refractivity contribution is 5.88. The summed E-state index contributed by atoms with van der Waals surface area (Å²) in [5.74, 6) is -0.318. The normalized spacial score (nSPS) is 15.3. The first-order valence-corrected chi connectivity index (χ1v) is 6.48. The molecule has 0 aliphatic carbocycles. The minimum atomic E-state index is -0.407. The van der Waals surface area contributed by atoms with Gasteiger partial charge in [-0.25, -0.2) is 4.79 Å². The first-order valence-electron chi connectivity index (χ1n) is 6.48. The largest absolute Gasteiger partial charge is 0.463 e. The number of piperidine rings is 1. The molecule has 0 aromatic rings. The molecule has 1 amide bonds. The first-order chi connectivity index (χ1) is 8.65. The Morgan fingerprint density at radius 1 is 1.22 bits per heavy atom. The standard InChI is InChI=1S/C13H22N2O3/c1-3-18-13(17)11(2)9-14-10-12(16)15-7-5-4-6-8-15/h14H,2-10H2,1H3. The number of likely N-dealkylation sites (tertiary alicyclic amines) is 1. The average Bonchev–Trinajstić information content (AvgIpc) is 2.39. The zero-order chi connectivity index (χ0) is 13.4. The maximum absolute atomic E-state index is 11.8. The zero-order valence-corrected chi connectivity index (χ0v) is 11.0. The fraction of sp³-hybridized carbons (Fsp3) is 0.692. The fourth-order valence-electron chi connectivity index (χ4n) is 1.88. The van der Waals surface area contributed by atoms with Gasteiger partial charge in [0.1, 0.15) is 0 Å². The van der Waals surface area contributed by atoms with E-state index in [0.29, 0.717) is 18.7 Å². The van der Waals surface area contributed by atoms with Crippen molar-refractivity contribution < 1.29 is 14.3 Å². The Labute approximate surface area is 108 Å². The Morgan fingerprint density at radius 3 is 2.50 bits per heavy atom. The zero-order valence-electron chi connectivity index (χ0n) is 11.0. The van der Waals surface area contributed by atoms with Crippen LogP contribution in [0.25, 0.3) is 0 Å². The van der Waals surface area contributed by atoms with E-state index in [0.717, 1.165) is 25.9 Å². The van der Waals surface area contributed by atoms with E-state index in [-0.39, 0.29) is 12.5 Å². The monoisotopic (exact) mass is 254 g/mol. The van der Waals surface area contributed by atoms with Crippen LogP contribution in [-0.2, 0) is 14.3 Å². The summed E-state index contributed by atoms with van der Waals surface area (Å²) < 4.78 is 4.80. The van der Waals surface area contributed by atoms with E-state index < -0.39 is 5.97 Å². The van der Waals surface area contributed by atoms with E-state index >= 15 is 0 Å². The highest BCUT2D eigenvalue weighted by atomic mass is 16.5. The van der Waals surface area contributed by atoms with Crippen molar-refractivity contribution in [3.8, 4) is 0 Å². The molecule has 5 nitrogen and oxygen atoms in total. The van der Waals surface area contributed by atoms with Gasteiger partial charge >= 0.3 is 5.97 Å². The maximum atomic E-state index is 11.8. The van der Waals surface area contributed by atoms with Crippen molar-refractivity contribution in [3.63, 3.8) is 0 Å². The van der Waals surface area contributed by atoms with Gasteiger partial charge < -0.3 is 15.0 Å². The molecule has 0 unspecified atom stereocenters. The molecule has 18 heavy (non-hydrogen) atoms. The molecule has 1 N–H and O–H groups in total. The molecular weight excluding hydrogens is 232 g/mol. The lowest BCUT2D eigenvalue weighted by Crippen LogP contribution is -2.41. The van der Waals surface area contributed by atoms with Crippen molar-refractivity contribution in [2.75, 3.05) is 32.8 Å². The molecule has 0 radical (unpaired) electrons. The quantitative estimate of drug-likeness (QED) is 0.560. The molecule has 102 valence electrons. The van der Waals surface area contributed by atoms with E-state index in [4.69, 9.17) is 4.74 Å². The topological polar surface area (TPSA) is 58.6 Å². The van der Waals surface area contributed by atoms with Crippen LogP contribution in [0.4, 0.5) is 0 Å². The molecule has 0 aromatic heterocycles. The van der Waals surface area contributed by atoms with Crippen LogP contribution in [0.2, 0.25) is 0 Å². The molecule has 1 aliphatic heterocycles. The summed E-state index contributed by atoms with van der Waals surface area (Å²) in [5, 5.41) is 2.93. The highest BCUT2D eigenvalue weighted by Gasteiger charge is 2.16. The van der Waals surface area contributed by atoms with Gasteiger partial charge in [-0.15, -0.1) is 0 Å². The number of hydrogen-bond acceptors (Lipinski definition) is 4. The van der Waals surface area contributed by atoms with Gasteiger partial charge in [-0.2, -0.15) is 0 Å². The number of nitrogens with zero attached hydrogens (tertiary/aromatic N) is 1. The van der Waals surface area contributed by atoms with E-state index in [9.17, 15) is 9.59 Å². The second-order valence-corrected chi connectivity index (χ2v) is 4.37. The van der Waals surface area contributed by atoms with Gasteiger partial charge in [-0.05, 0) is 26.2 Å². The molecule has 1 fully saturated rings. The molecular formula is C13H22N2O3. The molecule has 1 rings (SSSR count). The number of amides is 1. The van der Waals surface area contributed by atoms with Crippen LogP contribution in [0.5, 0.6) is 0 Å². The molecule has 0 bridgehead atoms. The Morgan fingerprint density at radius 2 is 1.89 bits per heavy atom. The molecule has 0 atom stereocenters. The van der Waals surface area contributed by atoms with Gasteiger partial charge in [-0.3, -0.25) is 4.79 Å². The molecule has 0 spiro atoms. The van der Waals surface area contributed by atoms with Gasteiger partial charge in [-0.1, -0.05) is 6.58 Å². The van der Waals surface area contributed by atoms with Crippen LogP contribution in [0.15, 0.2) is 12.2 Å². The van der Waals surface area contributed by atoms with Crippen LogP contribution in [-0.4, -0.2) is 49.6 Å². The molecule has 5 heteroatoms. The smallest absolute Gasteiger partial charge is 0.334 e. The Balaban J connectivity index is 2.18. The number of nitrogens with one attached hydrogen (secondary N) is 1. The number of ether oxygens (including phenoxy) is 1. The van der Waals surface area contributed by atoms with Crippen LogP contribution >= 0.6 is 0 Å². The molecule has 1 aliphatic rings. The summed E-state index contributed by atoms with van der Waals surface area (Å²) in [5.41, 5.74) is 0.350. The minimum absolute atomic E-state index is 0.0892. The summed E-state index contributed by atoms with van der Waals surface area (Å²) in [6.45, 7) is 7.94. The molecule has 1 heterocycles. The molecule has 0 saturated carbocycles. The second kappa shape index (κ2) is 7.87. The van der Waals surface area contributed by atoms with Gasteiger partial charge in [0.05, 0.1) is 13.2 Å². The lowest BCUT2D eigenvalue weighted by Gasteiger charge is -2.26. The Kier molecular flexibility index (Phi) is 6.43. The van der Waals surface area contributed by atoms with E-state index in [1.807, 2.05) is 4.90 Å². The van der Waals surface area contributed by atoms with E-state index in [2.05, 4.69) is 11.9 Å². The third-order valence-corrected chi connectivity index (χ3v) is 2.89. The summed E-state index contributed by atoms with van der Waals surface area (Å²) >= 11 is 0.